The summed E-state index contributed by atoms with van der Waals surface area (Å²) in [4.78, 5) is 21.3. The summed E-state index contributed by atoms with van der Waals surface area (Å²) >= 11 is 0. The Hall–Kier alpha value is -2.94. The number of carbonyl (C=O) groups is 1. The fourth-order valence-corrected chi connectivity index (χ4v) is 3.48. The lowest BCUT2D eigenvalue weighted by Crippen LogP contribution is -2.22. The van der Waals surface area contributed by atoms with Crippen LogP contribution in [0.4, 0.5) is 11.4 Å². The first-order valence-corrected chi connectivity index (χ1v) is 9.29. The first kappa shape index (κ1) is 19.4. The van der Waals surface area contributed by atoms with E-state index in [1.54, 1.807) is 12.1 Å². The van der Waals surface area contributed by atoms with E-state index in [4.69, 9.17) is 0 Å². The number of sulfonamides is 1. The van der Waals surface area contributed by atoms with Crippen LogP contribution in [0.1, 0.15) is 18.1 Å². The van der Waals surface area contributed by atoms with Crippen LogP contribution in [0.5, 0.6) is 0 Å². The number of rotatable bonds is 7. The maximum Gasteiger partial charge on any atom is 0.274 e. The van der Waals surface area contributed by atoms with Crippen molar-refractivity contribution in [3.8, 4) is 0 Å². The van der Waals surface area contributed by atoms with Crippen molar-refractivity contribution >= 4 is 27.3 Å². The van der Waals surface area contributed by atoms with E-state index in [1.807, 2.05) is 0 Å². The largest absolute Gasteiger partial charge is 0.356 e. The number of carbonyl (C=O) groups excluding carboxylic acids is 1. The van der Waals surface area contributed by atoms with Crippen LogP contribution in [0, 0.1) is 17.0 Å². The highest BCUT2D eigenvalue weighted by Gasteiger charge is 2.19. The van der Waals surface area contributed by atoms with Crippen LogP contribution in [-0.2, 0) is 21.2 Å². The van der Waals surface area contributed by atoms with Crippen molar-refractivity contribution in [2.45, 2.75) is 25.2 Å². The second kappa shape index (κ2) is 7.96. The molecule has 2 N–H and O–H groups in total. The molecule has 138 valence electrons. The van der Waals surface area contributed by atoms with Gasteiger partial charge in [-0.25, -0.2) is 8.42 Å². The van der Waals surface area contributed by atoms with Crippen LogP contribution in [0.3, 0.4) is 0 Å². The Morgan fingerprint density at radius 3 is 2.38 bits per heavy atom. The Morgan fingerprint density at radius 2 is 1.81 bits per heavy atom. The van der Waals surface area contributed by atoms with Crippen molar-refractivity contribution in [3.63, 3.8) is 0 Å². The van der Waals surface area contributed by atoms with E-state index in [1.165, 1.54) is 44.2 Å². The quantitative estimate of drug-likeness (QED) is 0.567. The van der Waals surface area contributed by atoms with Gasteiger partial charge in [0.15, 0.2) is 0 Å². The normalized spacial score (nSPS) is 11.0. The number of nitrogens with zero attached hydrogens (tertiary/aromatic N) is 1. The van der Waals surface area contributed by atoms with Crippen LogP contribution < -0.4 is 10.0 Å². The van der Waals surface area contributed by atoms with Crippen molar-refractivity contribution in [3.05, 3.63) is 63.7 Å². The van der Waals surface area contributed by atoms with Gasteiger partial charge in [0.1, 0.15) is 0 Å². The van der Waals surface area contributed by atoms with Gasteiger partial charge in [0, 0.05) is 19.5 Å². The van der Waals surface area contributed by atoms with Gasteiger partial charge in [-0.15, -0.1) is 0 Å². The SMILES string of the molecule is CC(=O)NCCc1ccc(S(=O)(=O)Nc2cccc([N+](=O)[O-])c2C)cc1. The van der Waals surface area contributed by atoms with E-state index >= 15 is 0 Å². The molecular formula is C17H19N3O5S. The molecule has 0 bridgehead atoms. The number of amides is 1. The molecule has 0 spiro atoms. The summed E-state index contributed by atoms with van der Waals surface area (Å²) in [5, 5.41) is 13.6. The van der Waals surface area contributed by atoms with Crippen molar-refractivity contribution in [2.75, 3.05) is 11.3 Å². The highest BCUT2D eigenvalue weighted by Crippen LogP contribution is 2.27. The van der Waals surface area contributed by atoms with Crippen LogP contribution >= 0.6 is 0 Å². The third kappa shape index (κ3) is 4.79. The molecule has 0 saturated carbocycles. The zero-order valence-corrected chi connectivity index (χ0v) is 15.2. The number of anilines is 1. The highest BCUT2D eigenvalue weighted by atomic mass is 32.2. The lowest BCUT2D eigenvalue weighted by atomic mass is 10.1. The topological polar surface area (TPSA) is 118 Å². The summed E-state index contributed by atoms with van der Waals surface area (Å²) < 4.78 is 27.4. The minimum absolute atomic E-state index is 0.0479. The lowest BCUT2D eigenvalue weighted by Gasteiger charge is -2.11. The average Bonchev–Trinajstić information content (AvgIpc) is 2.56. The molecule has 0 heterocycles. The fourth-order valence-electron chi connectivity index (χ4n) is 2.35. The maximum atomic E-state index is 12.5. The number of nitro groups is 1. The number of nitro benzene ring substituents is 1. The molecule has 0 atom stereocenters. The standard InChI is InChI=1S/C17H19N3O5S/c1-12-16(4-3-5-17(12)20(22)23)19-26(24,25)15-8-6-14(7-9-15)10-11-18-13(2)21/h3-9,19H,10-11H2,1-2H3,(H,18,21). The third-order valence-corrected chi connectivity index (χ3v) is 5.15. The number of nitrogens with one attached hydrogen (secondary N) is 2. The number of hydrogen-bond donors (Lipinski definition) is 2. The molecule has 2 rings (SSSR count). The van der Waals surface area contributed by atoms with E-state index in [0.29, 0.717) is 13.0 Å². The molecule has 0 aliphatic carbocycles. The Labute approximate surface area is 151 Å². The first-order chi connectivity index (χ1) is 12.2. The Morgan fingerprint density at radius 1 is 1.15 bits per heavy atom. The van der Waals surface area contributed by atoms with E-state index in [-0.39, 0.29) is 27.7 Å². The molecule has 2 aromatic carbocycles. The van der Waals surface area contributed by atoms with Gasteiger partial charge in [0.2, 0.25) is 5.91 Å². The Kier molecular flexibility index (Phi) is 5.93. The van der Waals surface area contributed by atoms with Crippen LogP contribution in [0.15, 0.2) is 47.4 Å². The zero-order valence-electron chi connectivity index (χ0n) is 14.4. The van der Waals surface area contributed by atoms with Gasteiger partial charge in [0.05, 0.1) is 21.1 Å². The summed E-state index contributed by atoms with van der Waals surface area (Å²) in [6, 6.07) is 10.5. The summed E-state index contributed by atoms with van der Waals surface area (Å²) in [6.45, 7) is 3.38. The molecule has 26 heavy (non-hydrogen) atoms. The molecule has 0 aliphatic rings. The van der Waals surface area contributed by atoms with Crippen molar-refractivity contribution in [1.82, 2.24) is 5.32 Å². The molecule has 0 aliphatic heterocycles. The summed E-state index contributed by atoms with van der Waals surface area (Å²) in [7, 11) is -3.87. The molecule has 9 heteroatoms. The number of hydrogen-bond acceptors (Lipinski definition) is 5. The fraction of sp³-hybridized carbons (Fsp3) is 0.235. The molecule has 0 radical (unpaired) electrons. The van der Waals surface area contributed by atoms with E-state index in [9.17, 15) is 23.3 Å². The molecule has 0 saturated heterocycles. The average molecular weight is 377 g/mol. The highest BCUT2D eigenvalue weighted by molar-refractivity contribution is 7.92. The lowest BCUT2D eigenvalue weighted by molar-refractivity contribution is -0.385. The van der Waals surface area contributed by atoms with Gasteiger partial charge < -0.3 is 5.32 Å². The van der Waals surface area contributed by atoms with E-state index < -0.39 is 14.9 Å². The smallest absolute Gasteiger partial charge is 0.274 e. The predicted molar refractivity (Wildman–Crippen MR) is 97.5 cm³/mol. The second-order valence-electron chi connectivity index (χ2n) is 5.69. The molecule has 0 aromatic heterocycles. The summed E-state index contributed by atoms with van der Waals surface area (Å²) in [5.41, 5.74) is 1.13. The van der Waals surface area contributed by atoms with Gasteiger partial charge in [-0.2, -0.15) is 0 Å². The monoisotopic (exact) mass is 377 g/mol. The van der Waals surface area contributed by atoms with Crippen molar-refractivity contribution < 1.29 is 18.1 Å². The zero-order chi connectivity index (χ0) is 19.3. The van der Waals surface area contributed by atoms with Crippen LogP contribution in [0.25, 0.3) is 0 Å². The molecule has 8 nitrogen and oxygen atoms in total. The van der Waals surface area contributed by atoms with Gasteiger partial charge in [0.25, 0.3) is 15.7 Å². The van der Waals surface area contributed by atoms with Crippen LogP contribution in [-0.4, -0.2) is 25.8 Å². The summed E-state index contributed by atoms with van der Waals surface area (Å²) in [5.74, 6) is -0.124. The van der Waals surface area contributed by atoms with E-state index in [2.05, 4.69) is 10.0 Å². The van der Waals surface area contributed by atoms with Crippen molar-refractivity contribution in [2.24, 2.45) is 0 Å². The van der Waals surface area contributed by atoms with Gasteiger partial charge in [-0.3, -0.25) is 19.6 Å². The first-order valence-electron chi connectivity index (χ1n) is 7.81. The molecule has 0 fully saturated rings. The van der Waals surface area contributed by atoms with Gasteiger partial charge >= 0.3 is 0 Å². The minimum atomic E-state index is -3.87. The summed E-state index contributed by atoms with van der Waals surface area (Å²) in [6.07, 6.45) is 0.581. The maximum absolute atomic E-state index is 12.5. The third-order valence-electron chi connectivity index (χ3n) is 3.77. The second-order valence-corrected chi connectivity index (χ2v) is 7.37. The molecule has 1 amide bonds. The molecule has 2 aromatic rings. The predicted octanol–water partition coefficient (Wildman–Crippen LogP) is 2.38. The number of benzene rings is 2. The van der Waals surface area contributed by atoms with Gasteiger partial charge in [-0.1, -0.05) is 18.2 Å². The Bertz CT molecular complexity index is 924. The Balaban J connectivity index is 2.17. The van der Waals surface area contributed by atoms with Crippen LogP contribution in [0.2, 0.25) is 0 Å². The van der Waals surface area contributed by atoms with E-state index in [0.717, 1.165) is 5.56 Å². The molecular weight excluding hydrogens is 358 g/mol. The van der Waals surface area contributed by atoms with Gasteiger partial charge in [-0.05, 0) is 37.1 Å². The van der Waals surface area contributed by atoms with Crippen molar-refractivity contribution in [1.29, 1.82) is 0 Å². The molecule has 0 unspecified atom stereocenters. The minimum Gasteiger partial charge on any atom is -0.356 e.